The zero-order valence-electron chi connectivity index (χ0n) is 11.2. The van der Waals surface area contributed by atoms with Crippen LogP contribution in [0.25, 0.3) is 0 Å². The summed E-state index contributed by atoms with van der Waals surface area (Å²) in [6.45, 7) is 3.34. The van der Waals surface area contributed by atoms with E-state index >= 15 is 0 Å². The maximum atomic E-state index is 12.7. The van der Waals surface area contributed by atoms with Gasteiger partial charge in [-0.15, -0.1) is 0 Å². The van der Waals surface area contributed by atoms with Crippen molar-refractivity contribution in [3.05, 3.63) is 29.8 Å². The molecule has 0 fully saturated rings. The molecule has 0 amide bonds. The molecule has 1 N–H and O–H groups in total. The van der Waals surface area contributed by atoms with Crippen LogP contribution in [0.5, 0.6) is 0 Å². The normalized spacial score (nSPS) is 19.4. The summed E-state index contributed by atoms with van der Waals surface area (Å²) in [6.07, 6.45) is -3.49. The van der Waals surface area contributed by atoms with Gasteiger partial charge in [0.25, 0.3) is 0 Å². The summed E-state index contributed by atoms with van der Waals surface area (Å²) in [5.41, 5.74) is 2.13. The van der Waals surface area contributed by atoms with Crippen LogP contribution >= 0.6 is 0 Å². The zero-order valence-corrected chi connectivity index (χ0v) is 11.2. The Morgan fingerprint density at radius 2 is 2.00 bits per heavy atom. The van der Waals surface area contributed by atoms with E-state index in [1.807, 2.05) is 38.1 Å². The molecule has 0 saturated heterocycles. The standard InChI is InChI=1S/C14H19F3N2/c1-10(2)19(9-14(15,16)17)12-7-11-5-3-4-6-13(11)18-8-12/h3-6,10,12,18H,7-9H2,1-2H3. The summed E-state index contributed by atoms with van der Waals surface area (Å²) in [5.74, 6) is 0. The molecule has 2 rings (SSSR count). The highest BCUT2D eigenvalue weighted by molar-refractivity contribution is 5.53. The number of fused-ring (bicyclic) bond motifs is 1. The number of alkyl halides is 3. The van der Waals surface area contributed by atoms with Crippen molar-refractivity contribution in [2.24, 2.45) is 0 Å². The lowest BCUT2D eigenvalue weighted by Gasteiger charge is -2.38. The number of nitrogens with zero attached hydrogens (tertiary/aromatic N) is 1. The van der Waals surface area contributed by atoms with Crippen LogP contribution < -0.4 is 5.32 Å². The van der Waals surface area contributed by atoms with Gasteiger partial charge in [0.2, 0.25) is 0 Å². The first-order valence-corrected chi connectivity index (χ1v) is 6.51. The van der Waals surface area contributed by atoms with Gasteiger partial charge in [-0.3, -0.25) is 4.90 Å². The van der Waals surface area contributed by atoms with Gasteiger partial charge < -0.3 is 5.32 Å². The molecular weight excluding hydrogens is 253 g/mol. The first kappa shape index (κ1) is 14.2. The minimum Gasteiger partial charge on any atom is -0.383 e. The number of hydrogen-bond donors (Lipinski definition) is 1. The molecule has 1 aromatic carbocycles. The minimum absolute atomic E-state index is 0.114. The van der Waals surface area contributed by atoms with Gasteiger partial charge in [0.05, 0.1) is 6.54 Å². The van der Waals surface area contributed by atoms with Crippen LogP contribution in [0.3, 0.4) is 0 Å². The third-order valence-electron chi connectivity index (χ3n) is 3.50. The second kappa shape index (κ2) is 5.41. The second-order valence-electron chi connectivity index (χ2n) is 5.28. The fraction of sp³-hybridized carbons (Fsp3) is 0.571. The summed E-state index contributed by atoms with van der Waals surface area (Å²) in [4.78, 5) is 1.53. The number of nitrogens with one attached hydrogen (secondary N) is 1. The highest BCUT2D eigenvalue weighted by Crippen LogP contribution is 2.27. The van der Waals surface area contributed by atoms with Crippen LogP contribution in [0, 0.1) is 0 Å². The molecule has 0 aliphatic carbocycles. The number of halogens is 3. The molecular formula is C14H19F3N2. The average Bonchev–Trinajstić information content (AvgIpc) is 2.34. The van der Waals surface area contributed by atoms with Crippen LogP contribution in [0.1, 0.15) is 19.4 Å². The van der Waals surface area contributed by atoms with Crippen molar-refractivity contribution in [2.45, 2.75) is 38.5 Å². The molecule has 2 nitrogen and oxygen atoms in total. The van der Waals surface area contributed by atoms with Gasteiger partial charge in [-0.05, 0) is 31.9 Å². The lowest BCUT2D eigenvalue weighted by atomic mass is 9.97. The van der Waals surface area contributed by atoms with Gasteiger partial charge in [0.1, 0.15) is 0 Å². The number of hydrogen-bond acceptors (Lipinski definition) is 2. The van der Waals surface area contributed by atoms with Crippen molar-refractivity contribution in [3.8, 4) is 0 Å². The first-order valence-electron chi connectivity index (χ1n) is 6.51. The van der Waals surface area contributed by atoms with E-state index in [1.165, 1.54) is 4.90 Å². The molecule has 19 heavy (non-hydrogen) atoms. The lowest BCUT2D eigenvalue weighted by molar-refractivity contribution is -0.154. The van der Waals surface area contributed by atoms with E-state index in [0.717, 1.165) is 11.3 Å². The monoisotopic (exact) mass is 272 g/mol. The summed E-state index contributed by atoms with van der Waals surface area (Å²) in [6, 6.07) is 7.56. The Bertz CT molecular complexity index is 429. The van der Waals surface area contributed by atoms with E-state index in [-0.39, 0.29) is 12.1 Å². The van der Waals surface area contributed by atoms with Crippen LogP contribution in [-0.4, -0.2) is 36.2 Å². The Kier molecular flexibility index (Phi) is 4.04. The van der Waals surface area contributed by atoms with E-state index in [1.54, 1.807) is 0 Å². The topological polar surface area (TPSA) is 15.3 Å². The zero-order chi connectivity index (χ0) is 14.0. The predicted octanol–water partition coefficient (Wildman–Crippen LogP) is 3.30. The maximum Gasteiger partial charge on any atom is 0.401 e. The fourth-order valence-corrected chi connectivity index (χ4v) is 2.60. The minimum atomic E-state index is -4.15. The Morgan fingerprint density at radius 1 is 1.32 bits per heavy atom. The molecule has 5 heteroatoms. The van der Waals surface area contributed by atoms with Gasteiger partial charge >= 0.3 is 6.18 Å². The Balaban J connectivity index is 2.13. The quantitative estimate of drug-likeness (QED) is 0.908. The number of para-hydroxylation sites is 1. The van der Waals surface area contributed by atoms with Crippen LogP contribution in [-0.2, 0) is 6.42 Å². The molecule has 1 aromatic rings. The van der Waals surface area contributed by atoms with Crippen molar-refractivity contribution in [2.75, 3.05) is 18.4 Å². The van der Waals surface area contributed by atoms with Gasteiger partial charge in [-0.25, -0.2) is 0 Å². The van der Waals surface area contributed by atoms with Crippen LogP contribution in [0.4, 0.5) is 18.9 Å². The van der Waals surface area contributed by atoms with Crippen LogP contribution in [0.15, 0.2) is 24.3 Å². The van der Waals surface area contributed by atoms with E-state index in [9.17, 15) is 13.2 Å². The van der Waals surface area contributed by atoms with Gasteiger partial charge in [0.15, 0.2) is 0 Å². The van der Waals surface area contributed by atoms with E-state index < -0.39 is 12.7 Å². The van der Waals surface area contributed by atoms with E-state index in [4.69, 9.17) is 0 Å². The SMILES string of the molecule is CC(C)N(CC(F)(F)F)C1CNc2ccccc2C1. The van der Waals surface area contributed by atoms with Gasteiger partial charge in [-0.2, -0.15) is 13.2 Å². The van der Waals surface area contributed by atoms with Crippen molar-refractivity contribution in [1.82, 2.24) is 4.90 Å². The van der Waals surface area contributed by atoms with Crippen molar-refractivity contribution in [3.63, 3.8) is 0 Å². The van der Waals surface area contributed by atoms with Crippen molar-refractivity contribution < 1.29 is 13.2 Å². The third kappa shape index (κ3) is 3.62. The Morgan fingerprint density at radius 3 is 2.63 bits per heavy atom. The number of rotatable bonds is 3. The molecule has 0 aromatic heterocycles. The fourth-order valence-electron chi connectivity index (χ4n) is 2.60. The molecule has 0 saturated carbocycles. The van der Waals surface area contributed by atoms with E-state index in [0.29, 0.717) is 13.0 Å². The van der Waals surface area contributed by atoms with Crippen molar-refractivity contribution >= 4 is 5.69 Å². The molecule has 1 heterocycles. The van der Waals surface area contributed by atoms with Crippen LogP contribution in [0.2, 0.25) is 0 Å². The molecule has 1 aliphatic rings. The molecule has 1 unspecified atom stereocenters. The highest BCUT2D eigenvalue weighted by atomic mass is 19.4. The predicted molar refractivity (Wildman–Crippen MR) is 70.3 cm³/mol. The molecule has 0 spiro atoms. The first-order chi connectivity index (χ1) is 8.87. The Labute approximate surface area is 111 Å². The third-order valence-corrected chi connectivity index (χ3v) is 3.50. The molecule has 0 bridgehead atoms. The summed E-state index contributed by atoms with van der Waals surface area (Å²) < 4.78 is 38.0. The van der Waals surface area contributed by atoms with E-state index in [2.05, 4.69) is 5.32 Å². The largest absolute Gasteiger partial charge is 0.401 e. The molecule has 106 valence electrons. The average molecular weight is 272 g/mol. The smallest absolute Gasteiger partial charge is 0.383 e. The summed E-state index contributed by atoms with van der Waals surface area (Å²) in [5, 5.41) is 3.22. The Hall–Kier alpha value is -1.23. The second-order valence-corrected chi connectivity index (χ2v) is 5.28. The highest BCUT2D eigenvalue weighted by Gasteiger charge is 2.36. The van der Waals surface area contributed by atoms with Crippen molar-refractivity contribution in [1.29, 1.82) is 0 Å². The number of benzene rings is 1. The summed E-state index contributed by atoms with van der Waals surface area (Å²) >= 11 is 0. The van der Waals surface area contributed by atoms with Gasteiger partial charge in [0, 0.05) is 24.3 Å². The number of anilines is 1. The maximum absolute atomic E-state index is 12.7. The molecule has 1 atom stereocenters. The van der Waals surface area contributed by atoms with Gasteiger partial charge in [-0.1, -0.05) is 18.2 Å². The molecule has 1 aliphatic heterocycles. The lowest BCUT2D eigenvalue weighted by Crippen LogP contribution is -2.50. The summed E-state index contributed by atoms with van der Waals surface area (Å²) in [7, 11) is 0. The molecule has 0 radical (unpaired) electrons.